The van der Waals surface area contributed by atoms with Gasteiger partial charge in [0.05, 0.1) is 5.41 Å². The van der Waals surface area contributed by atoms with Crippen LogP contribution in [0, 0.1) is 0 Å². The maximum atomic E-state index is 11.9. The highest BCUT2D eigenvalue weighted by Crippen LogP contribution is 2.40. The Morgan fingerprint density at radius 1 is 1.17 bits per heavy atom. The van der Waals surface area contributed by atoms with Crippen LogP contribution < -0.4 is 4.74 Å². The van der Waals surface area contributed by atoms with Gasteiger partial charge in [0.25, 0.3) is 0 Å². The molecule has 126 valence electrons. The second-order valence-electron chi connectivity index (χ2n) is 7.12. The molecule has 2 aliphatic rings. The normalized spacial score (nSPS) is 25.0. The number of aliphatic carboxylic acids is 1. The lowest BCUT2D eigenvalue weighted by Gasteiger charge is -2.34. The van der Waals surface area contributed by atoms with Crippen LogP contribution in [0.1, 0.15) is 50.5 Å². The summed E-state index contributed by atoms with van der Waals surface area (Å²) in [6, 6.07) is 7.81. The molecular weight excluding hydrogens is 290 g/mol. The van der Waals surface area contributed by atoms with Crippen molar-refractivity contribution < 1.29 is 14.6 Å². The quantitative estimate of drug-likeness (QED) is 0.924. The lowest BCUT2D eigenvalue weighted by molar-refractivity contribution is -0.145. The van der Waals surface area contributed by atoms with Crippen LogP contribution >= 0.6 is 0 Å². The molecule has 1 aliphatic heterocycles. The average Bonchev–Trinajstić information content (AvgIpc) is 2.56. The molecule has 4 heteroatoms. The molecule has 1 aliphatic carbocycles. The number of likely N-dealkylation sites (N-methyl/N-ethyl adjacent to an activating group) is 1. The van der Waals surface area contributed by atoms with Crippen molar-refractivity contribution >= 4 is 5.97 Å². The van der Waals surface area contributed by atoms with Crippen LogP contribution in [0.2, 0.25) is 0 Å². The minimum absolute atomic E-state index is 0.239. The highest BCUT2D eigenvalue weighted by molar-refractivity contribution is 5.81. The number of carboxylic acid groups (broad SMARTS) is 1. The summed E-state index contributed by atoms with van der Waals surface area (Å²) in [6.07, 6.45) is 7.13. The van der Waals surface area contributed by atoms with Crippen LogP contribution in [-0.4, -0.2) is 42.2 Å². The van der Waals surface area contributed by atoms with Crippen LogP contribution in [0.25, 0.3) is 0 Å². The fraction of sp³-hybridized carbons (Fsp3) is 0.632. The number of piperidine rings is 1. The van der Waals surface area contributed by atoms with E-state index in [1.165, 1.54) is 6.42 Å². The lowest BCUT2D eigenvalue weighted by atomic mass is 9.69. The Balaban J connectivity index is 1.72. The van der Waals surface area contributed by atoms with Gasteiger partial charge >= 0.3 is 5.97 Å². The summed E-state index contributed by atoms with van der Waals surface area (Å²) in [6.45, 7) is 2.10. The second kappa shape index (κ2) is 6.91. The average molecular weight is 317 g/mol. The number of nitrogens with zero attached hydrogens (tertiary/aromatic N) is 1. The molecule has 0 bridgehead atoms. The smallest absolute Gasteiger partial charge is 0.314 e. The van der Waals surface area contributed by atoms with Crippen LogP contribution in [0.3, 0.4) is 0 Å². The lowest BCUT2D eigenvalue weighted by Crippen LogP contribution is -2.39. The maximum absolute atomic E-state index is 11.9. The van der Waals surface area contributed by atoms with Gasteiger partial charge in [-0.1, -0.05) is 31.4 Å². The number of rotatable bonds is 4. The molecule has 3 rings (SSSR count). The van der Waals surface area contributed by atoms with Crippen molar-refractivity contribution in [1.29, 1.82) is 0 Å². The fourth-order valence-electron chi connectivity index (χ4n) is 4.04. The van der Waals surface area contributed by atoms with Gasteiger partial charge in [-0.25, -0.2) is 0 Å². The maximum Gasteiger partial charge on any atom is 0.314 e. The first-order valence-corrected chi connectivity index (χ1v) is 8.79. The van der Waals surface area contributed by atoms with Crippen LogP contribution in [0.15, 0.2) is 24.3 Å². The first-order valence-electron chi connectivity index (χ1n) is 8.79. The Kier molecular flexibility index (Phi) is 4.90. The van der Waals surface area contributed by atoms with Crippen molar-refractivity contribution in [2.75, 3.05) is 20.1 Å². The summed E-state index contributed by atoms with van der Waals surface area (Å²) < 4.78 is 6.07. The number of ether oxygens (including phenoxy) is 1. The summed E-state index contributed by atoms with van der Waals surface area (Å²) in [5.74, 6) is 0.171. The zero-order chi connectivity index (χ0) is 16.3. The SMILES string of the molecule is CN1CCCC(Oc2ccc(C3(C(=O)O)CCCCC3)cc2)C1. The number of hydrogen-bond acceptors (Lipinski definition) is 3. The molecule has 0 aromatic heterocycles. The summed E-state index contributed by atoms with van der Waals surface area (Å²) in [4.78, 5) is 14.2. The topological polar surface area (TPSA) is 49.8 Å². The Bertz CT molecular complexity index is 534. The molecule has 0 amide bonds. The van der Waals surface area contributed by atoms with E-state index in [2.05, 4.69) is 11.9 Å². The third-order valence-corrected chi connectivity index (χ3v) is 5.41. The highest BCUT2D eigenvalue weighted by Gasteiger charge is 2.41. The minimum atomic E-state index is -0.693. The molecule has 1 saturated heterocycles. The van der Waals surface area contributed by atoms with Gasteiger partial charge in [0.1, 0.15) is 11.9 Å². The third kappa shape index (κ3) is 3.52. The molecular formula is C19H27NO3. The zero-order valence-corrected chi connectivity index (χ0v) is 14.0. The molecule has 1 saturated carbocycles. The van der Waals surface area contributed by atoms with Gasteiger partial charge in [-0.05, 0) is 57.0 Å². The van der Waals surface area contributed by atoms with Crippen molar-refractivity contribution in [1.82, 2.24) is 4.90 Å². The largest absolute Gasteiger partial charge is 0.489 e. The standard InChI is InChI=1S/C19H27NO3/c1-20-13-5-6-17(14-20)23-16-9-7-15(8-10-16)19(18(21)22)11-3-2-4-12-19/h7-10,17H,2-6,11-14H2,1H3,(H,21,22). The van der Waals surface area contributed by atoms with E-state index >= 15 is 0 Å². The van der Waals surface area contributed by atoms with Gasteiger partial charge in [-0.15, -0.1) is 0 Å². The van der Waals surface area contributed by atoms with Gasteiger partial charge in [0, 0.05) is 6.54 Å². The molecule has 0 radical (unpaired) electrons. The molecule has 1 aromatic rings. The van der Waals surface area contributed by atoms with Crippen molar-refractivity contribution in [3.05, 3.63) is 29.8 Å². The molecule has 23 heavy (non-hydrogen) atoms. The summed E-state index contributed by atoms with van der Waals surface area (Å²) in [5.41, 5.74) is 0.236. The minimum Gasteiger partial charge on any atom is -0.489 e. The van der Waals surface area contributed by atoms with Crippen molar-refractivity contribution in [2.24, 2.45) is 0 Å². The molecule has 0 spiro atoms. The Labute approximate surface area is 138 Å². The van der Waals surface area contributed by atoms with Gasteiger partial charge in [-0.2, -0.15) is 0 Å². The Morgan fingerprint density at radius 3 is 2.48 bits per heavy atom. The monoisotopic (exact) mass is 317 g/mol. The van der Waals surface area contributed by atoms with Crippen molar-refractivity contribution in [2.45, 2.75) is 56.5 Å². The van der Waals surface area contributed by atoms with Crippen molar-refractivity contribution in [3.8, 4) is 5.75 Å². The Hall–Kier alpha value is -1.55. The van der Waals surface area contributed by atoms with Gasteiger partial charge in [-0.3, -0.25) is 4.79 Å². The number of benzene rings is 1. The molecule has 1 aromatic carbocycles. The number of hydrogen-bond donors (Lipinski definition) is 1. The summed E-state index contributed by atoms with van der Waals surface area (Å²) in [5, 5.41) is 9.76. The number of carbonyl (C=O) groups is 1. The molecule has 4 nitrogen and oxygen atoms in total. The van der Waals surface area contributed by atoms with E-state index in [9.17, 15) is 9.90 Å². The highest BCUT2D eigenvalue weighted by atomic mass is 16.5. The first kappa shape index (κ1) is 16.3. The summed E-state index contributed by atoms with van der Waals surface area (Å²) >= 11 is 0. The van der Waals surface area contributed by atoms with Crippen LogP contribution in [0.5, 0.6) is 5.75 Å². The van der Waals surface area contributed by atoms with E-state index in [4.69, 9.17) is 4.74 Å². The van der Waals surface area contributed by atoms with E-state index < -0.39 is 11.4 Å². The van der Waals surface area contributed by atoms with Gasteiger partial charge < -0.3 is 14.7 Å². The van der Waals surface area contributed by atoms with Gasteiger partial charge in [0.2, 0.25) is 0 Å². The Morgan fingerprint density at radius 2 is 1.87 bits per heavy atom. The fourth-order valence-corrected chi connectivity index (χ4v) is 4.04. The zero-order valence-electron chi connectivity index (χ0n) is 14.0. The predicted octanol–water partition coefficient (Wildman–Crippen LogP) is 3.45. The molecule has 1 atom stereocenters. The van der Waals surface area contributed by atoms with Crippen LogP contribution in [0.4, 0.5) is 0 Å². The van der Waals surface area contributed by atoms with E-state index in [-0.39, 0.29) is 6.10 Å². The van der Waals surface area contributed by atoms with E-state index in [0.29, 0.717) is 0 Å². The van der Waals surface area contributed by atoms with Crippen LogP contribution in [-0.2, 0) is 10.2 Å². The predicted molar refractivity (Wildman–Crippen MR) is 90.0 cm³/mol. The first-order chi connectivity index (χ1) is 11.1. The number of likely N-dealkylation sites (tertiary alicyclic amines) is 1. The second-order valence-corrected chi connectivity index (χ2v) is 7.12. The number of carboxylic acids is 1. The van der Waals surface area contributed by atoms with E-state index in [1.807, 2.05) is 24.3 Å². The van der Waals surface area contributed by atoms with Crippen molar-refractivity contribution in [3.63, 3.8) is 0 Å². The molecule has 1 unspecified atom stereocenters. The molecule has 2 fully saturated rings. The molecule has 1 N–H and O–H groups in total. The third-order valence-electron chi connectivity index (χ3n) is 5.41. The molecule has 1 heterocycles. The van der Waals surface area contributed by atoms with E-state index in [0.717, 1.165) is 62.9 Å². The van der Waals surface area contributed by atoms with Gasteiger partial charge in [0.15, 0.2) is 0 Å². The summed E-state index contributed by atoms with van der Waals surface area (Å²) in [7, 11) is 2.12. The van der Waals surface area contributed by atoms with E-state index in [1.54, 1.807) is 0 Å².